The Morgan fingerprint density at radius 2 is 2.00 bits per heavy atom. The Hall–Kier alpha value is -2.18. The highest BCUT2D eigenvalue weighted by Crippen LogP contribution is 2.12. The Morgan fingerprint density at radius 1 is 1.26 bits per heavy atom. The van der Waals surface area contributed by atoms with Crippen LogP contribution in [0, 0.1) is 0 Å². The van der Waals surface area contributed by atoms with Gasteiger partial charge in [0.2, 0.25) is 11.8 Å². The Bertz CT molecular complexity index is 561. The molecule has 0 unspecified atom stereocenters. The molecule has 1 amide bonds. The molecule has 0 aliphatic heterocycles. The predicted molar refractivity (Wildman–Crippen MR) is 65.4 cm³/mol. The molecular weight excluding hydrogens is 248 g/mol. The molecule has 7 nitrogen and oxygen atoms in total. The summed E-state index contributed by atoms with van der Waals surface area (Å²) >= 11 is 0. The van der Waals surface area contributed by atoms with Gasteiger partial charge in [0, 0.05) is 19.9 Å². The highest BCUT2D eigenvalue weighted by molar-refractivity contribution is 5.92. The number of aryl methyl sites for hydroxylation is 2. The number of hydrogen-bond donors (Lipinski definition) is 0. The number of nitrogens with zero attached hydrogens (tertiary/aromatic N) is 4. The van der Waals surface area contributed by atoms with Crippen molar-refractivity contribution in [1.29, 1.82) is 0 Å². The van der Waals surface area contributed by atoms with Crippen LogP contribution in [0.4, 0.5) is 0 Å². The quantitative estimate of drug-likeness (QED) is 0.812. The van der Waals surface area contributed by atoms with Crippen molar-refractivity contribution >= 4 is 5.91 Å². The summed E-state index contributed by atoms with van der Waals surface area (Å²) in [5.74, 6) is 1.33. The minimum Gasteiger partial charge on any atom is -0.448 e. The van der Waals surface area contributed by atoms with Crippen LogP contribution >= 0.6 is 0 Å². The van der Waals surface area contributed by atoms with E-state index in [0.717, 1.165) is 0 Å². The molecule has 0 N–H and O–H groups in total. The molecule has 0 saturated carbocycles. The van der Waals surface area contributed by atoms with Crippen LogP contribution in [0.15, 0.2) is 15.2 Å². The number of hydrogen-bond acceptors (Lipinski definition) is 6. The van der Waals surface area contributed by atoms with Crippen LogP contribution in [0.25, 0.3) is 0 Å². The molecule has 0 bridgehead atoms. The predicted octanol–water partition coefficient (Wildman–Crippen LogP) is 1.45. The van der Waals surface area contributed by atoms with E-state index in [-0.39, 0.29) is 12.5 Å². The zero-order valence-electron chi connectivity index (χ0n) is 11.2. The highest BCUT2D eigenvalue weighted by Gasteiger charge is 2.21. The summed E-state index contributed by atoms with van der Waals surface area (Å²) in [6.07, 6.45) is 2.57. The van der Waals surface area contributed by atoms with Crippen LogP contribution in [0.3, 0.4) is 0 Å². The standard InChI is InChI=1S/C12H16N4O3/c1-4-8-11(13-7-18-8)12(17)16(3)6-10-15-14-9(5-2)19-10/h7H,4-6H2,1-3H3. The van der Waals surface area contributed by atoms with E-state index in [2.05, 4.69) is 15.2 Å². The summed E-state index contributed by atoms with van der Waals surface area (Å²) in [5.41, 5.74) is 0.334. The van der Waals surface area contributed by atoms with E-state index in [1.54, 1.807) is 7.05 Å². The largest absolute Gasteiger partial charge is 0.448 e. The molecule has 0 radical (unpaired) electrons. The molecular formula is C12H16N4O3. The van der Waals surface area contributed by atoms with Crippen LogP contribution < -0.4 is 0 Å². The first-order valence-electron chi connectivity index (χ1n) is 6.14. The second kappa shape index (κ2) is 5.64. The van der Waals surface area contributed by atoms with Gasteiger partial charge < -0.3 is 13.7 Å². The first-order valence-corrected chi connectivity index (χ1v) is 6.14. The smallest absolute Gasteiger partial charge is 0.276 e. The van der Waals surface area contributed by atoms with Gasteiger partial charge in [-0.05, 0) is 0 Å². The maximum absolute atomic E-state index is 12.2. The van der Waals surface area contributed by atoms with Gasteiger partial charge in [-0.2, -0.15) is 0 Å². The number of oxazole rings is 1. The van der Waals surface area contributed by atoms with Crippen molar-refractivity contribution in [1.82, 2.24) is 20.1 Å². The van der Waals surface area contributed by atoms with E-state index in [9.17, 15) is 4.79 Å². The van der Waals surface area contributed by atoms with Gasteiger partial charge in [-0.3, -0.25) is 4.79 Å². The van der Waals surface area contributed by atoms with Crippen molar-refractivity contribution in [3.8, 4) is 0 Å². The molecule has 2 rings (SSSR count). The van der Waals surface area contributed by atoms with Gasteiger partial charge in [-0.15, -0.1) is 10.2 Å². The molecule has 7 heteroatoms. The zero-order chi connectivity index (χ0) is 13.8. The van der Waals surface area contributed by atoms with Gasteiger partial charge in [-0.25, -0.2) is 4.98 Å². The normalized spacial score (nSPS) is 10.7. The number of amides is 1. The average molecular weight is 264 g/mol. The molecule has 19 heavy (non-hydrogen) atoms. The Kier molecular flexibility index (Phi) is 3.94. The summed E-state index contributed by atoms with van der Waals surface area (Å²) in [6, 6.07) is 0. The number of carbonyl (C=O) groups excluding carboxylic acids is 1. The lowest BCUT2D eigenvalue weighted by atomic mass is 10.2. The minimum absolute atomic E-state index is 0.221. The second-order valence-corrected chi connectivity index (χ2v) is 4.08. The maximum atomic E-state index is 12.2. The number of carbonyl (C=O) groups is 1. The first kappa shape index (κ1) is 13.3. The van der Waals surface area contributed by atoms with Gasteiger partial charge in [0.05, 0.1) is 6.54 Å². The summed E-state index contributed by atoms with van der Waals surface area (Å²) in [4.78, 5) is 17.6. The third kappa shape index (κ3) is 2.81. The van der Waals surface area contributed by atoms with Crippen molar-refractivity contribution in [2.75, 3.05) is 7.05 Å². The molecule has 2 heterocycles. The third-order valence-electron chi connectivity index (χ3n) is 2.69. The molecule has 0 atom stereocenters. The van der Waals surface area contributed by atoms with Crippen LogP contribution in [0.5, 0.6) is 0 Å². The molecule has 0 aliphatic carbocycles. The molecule has 2 aromatic heterocycles. The Labute approximate surface area is 110 Å². The molecule has 0 aromatic carbocycles. The summed E-state index contributed by atoms with van der Waals surface area (Å²) in [5, 5.41) is 7.73. The highest BCUT2D eigenvalue weighted by atomic mass is 16.4. The fourth-order valence-electron chi connectivity index (χ4n) is 1.65. The molecule has 0 fully saturated rings. The lowest BCUT2D eigenvalue weighted by Crippen LogP contribution is -2.27. The van der Waals surface area contributed by atoms with E-state index in [1.807, 2.05) is 13.8 Å². The van der Waals surface area contributed by atoms with Gasteiger partial charge in [0.15, 0.2) is 12.1 Å². The SMILES string of the molecule is CCc1nnc(CN(C)C(=O)c2ncoc2CC)o1. The van der Waals surface area contributed by atoms with E-state index in [0.29, 0.717) is 36.1 Å². The summed E-state index contributed by atoms with van der Waals surface area (Å²) in [6.45, 7) is 4.08. The van der Waals surface area contributed by atoms with Crippen LogP contribution in [-0.4, -0.2) is 33.0 Å². The maximum Gasteiger partial charge on any atom is 0.276 e. The van der Waals surface area contributed by atoms with Crippen molar-refractivity contribution in [2.24, 2.45) is 0 Å². The molecule has 102 valence electrons. The van der Waals surface area contributed by atoms with Gasteiger partial charge >= 0.3 is 0 Å². The van der Waals surface area contributed by atoms with E-state index < -0.39 is 0 Å². The van der Waals surface area contributed by atoms with E-state index in [1.165, 1.54) is 11.3 Å². The topological polar surface area (TPSA) is 85.3 Å². The number of rotatable bonds is 5. The fourth-order valence-corrected chi connectivity index (χ4v) is 1.65. The lowest BCUT2D eigenvalue weighted by molar-refractivity contribution is 0.0765. The average Bonchev–Trinajstić information content (AvgIpc) is 3.05. The first-order chi connectivity index (χ1) is 9.15. The van der Waals surface area contributed by atoms with Crippen molar-refractivity contribution in [3.63, 3.8) is 0 Å². The zero-order valence-corrected chi connectivity index (χ0v) is 11.2. The summed E-state index contributed by atoms with van der Waals surface area (Å²) < 4.78 is 10.5. The molecule has 0 saturated heterocycles. The van der Waals surface area contributed by atoms with Crippen molar-refractivity contribution < 1.29 is 13.6 Å². The molecule has 2 aromatic rings. The molecule has 0 aliphatic rings. The van der Waals surface area contributed by atoms with E-state index >= 15 is 0 Å². The summed E-state index contributed by atoms with van der Waals surface area (Å²) in [7, 11) is 1.66. The van der Waals surface area contributed by atoms with Crippen LogP contribution in [0.2, 0.25) is 0 Å². The third-order valence-corrected chi connectivity index (χ3v) is 2.69. The van der Waals surface area contributed by atoms with Gasteiger partial charge in [-0.1, -0.05) is 13.8 Å². The Morgan fingerprint density at radius 3 is 2.63 bits per heavy atom. The van der Waals surface area contributed by atoms with Gasteiger partial charge in [0.1, 0.15) is 5.76 Å². The monoisotopic (exact) mass is 264 g/mol. The lowest BCUT2D eigenvalue weighted by Gasteiger charge is -2.13. The van der Waals surface area contributed by atoms with E-state index in [4.69, 9.17) is 8.83 Å². The fraction of sp³-hybridized carbons (Fsp3) is 0.500. The van der Waals surface area contributed by atoms with Crippen LogP contribution in [0.1, 0.15) is 41.9 Å². The van der Waals surface area contributed by atoms with Crippen molar-refractivity contribution in [3.05, 3.63) is 29.6 Å². The Balaban J connectivity index is 2.07. The van der Waals surface area contributed by atoms with Crippen molar-refractivity contribution in [2.45, 2.75) is 33.2 Å². The number of aromatic nitrogens is 3. The second-order valence-electron chi connectivity index (χ2n) is 4.08. The van der Waals surface area contributed by atoms with Gasteiger partial charge in [0.25, 0.3) is 5.91 Å². The molecule has 0 spiro atoms. The van der Waals surface area contributed by atoms with Crippen LogP contribution in [-0.2, 0) is 19.4 Å². The minimum atomic E-state index is -0.221.